The van der Waals surface area contributed by atoms with Crippen molar-refractivity contribution in [1.82, 2.24) is 0 Å². The van der Waals surface area contributed by atoms with Crippen molar-refractivity contribution in [3.8, 4) is 11.1 Å². The fourth-order valence-electron chi connectivity index (χ4n) is 4.28. The van der Waals surface area contributed by atoms with Gasteiger partial charge in [0.1, 0.15) is 0 Å². The monoisotopic (exact) mass is 536 g/mol. The molecule has 0 aliphatic heterocycles. The molecule has 6 heteroatoms. The number of rotatable bonds is 19. The van der Waals surface area contributed by atoms with Gasteiger partial charge >= 0.3 is 11.9 Å². The molecule has 2 rings (SSSR count). The minimum Gasteiger partial charge on any atom is -0.462 e. The molecular formula is C33H44O6. The number of ether oxygens (including phenoxy) is 2. The number of aryl methyl sites for hydroxylation is 3. The Labute approximate surface area is 233 Å². The van der Waals surface area contributed by atoms with Gasteiger partial charge in [0, 0.05) is 0 Å². The molecule has 0 saturated carbocycles. The van der Waals surface area contributed by atoms with E-state index < -0.39 is 11.9 Å². The third-order valence-corrected chi connectivity index (χ3v) is 6.63. The summed E-state index contributed by atoms with van der Waals surface area (Å²) in [7, 11) is 0. The first-order valence-electron chi connectivity index (χ1n) is 14.0. The van der Waals surface area contributed by atoms with Gasteiger partial charge in [-0.2, -0.15) is 0 Å². The minimum absolute atomic E-state index is 0.0688. The molecule has 0 aromatic heterocycles. The van der Waals surface area contributed by atoms with Gasteiger partial charge in [0.15, 0.2) is 0 Å². The van der Waals surface area contributed by atoms with Crippen LogP contribution in [0.3, 0.4) is 0 Å². The van der Waals surface area contributed by atoms with E-state index in [-0.39, 0.29) is 24.4 Å². The molecule has 0 fully saturated rings. The Kier molecular flexibility index (Phi) is 14.9. The Morgan fingerprint density at radius 3 is 1.79 bits per heavy atom. The number of hydrogen-bond acceptors (Lipinski definition) is 6. The molecule has 0 bridgehead atoms. The van der Waals surface area contributed by atoms with Crippen LogP contribution in [0.5, 0.6) is 0 Å². The molecular weight excluding hydrogens is 492 g/mol. The van der Waals surface area contributed by atoms with Gasteiger partial charge in [-0.3, -0.25) is 0 Å². The van der Waals surface area contributed by atoms with E-state index in [4.69, 9.17) is 19.7 Å². The van der Waals surface area contributed by atoms with E-state index in [0.29, 0.717) is 26.1 Å². The average Bonchev–Trinajstić information content (AvgIpc) is 2.96. The van der Waals surface area contributed by atoms with Crippen LogP contribution in [0.1, 0.15) is 68.6 Å². The summed E-state index contributed by atoms with van der Waals surface area (Å²) in [6.45, 7) is 9.00. The number of aliphatic hydroxyl groups is 2. The fraction of sp³-hybridized carbons (Fsp3) is 0.455. The van der Waals surface area contributed by atoms with Crippen molar-refractivity contribution in [3.63, 3.8) is 0 Å². The summed E-state index contributed by atoms with van der Waals surface area (Å²) < 4.78 is 10.3. The van der Waals surface area contributed by atoms with Gasteiger partial charge in [0.25, 0.3) is 0 Å². The Morgan fingerprint density at radius 2 is 1.23 bits per heavy atom. The Morgan fingerprint density at radius 1 is 0.692 bits per heavy atom. The summed E-state index contributed by atoms with van der Waals surface area (Å²) in [5, 5.41) is 17.9. The number of aliphatic hydroxyl groups excluding tert-OH is 2. The lowest BCUT2D eigenvalue weighted by Gasteiger charge is -2.14. The summed E-state index contributed by atoms with van der Waals surface area (Å²) in [6.07, 6.45) is 10.1. The van der Waals surface area contributed by atoms with E-state index in [2.05, 4.69) is 62.5 Å². The first kappa shape index (κ1) is 32.0. The molecule has 0 radical (unpaired) electrons. The molecule has 39 heavy (non-hydrogen) atoms. The van der Waals surface area contributed by atoms with Crippen LogP contribution in [0.15, 0.2) is 66.8 Å². The lowest BCUT2D eigenvalue weighted by atomic mass is 9.92. The van der Waals surface area contributed by atoms with Crippen LogP contribution < -0.4 is 0 Å². The summed E-state index contributed by atoms with van der Waals surface area (Å²) in [6, 6.07) is 15.2. The van der Waals surface area contributed by atoms with E-state index in [1.54, 1.807) is 0 Å². The highest BCUT2D eigenvalue weighted by Crippen LogP contribution is 2.28. The van der Waals surface area contributed by atoms with Gasteiger partial charge in [0.05, 0.1) is 37.6 Å². The molecule has 6 nitrogen and oxygen atoms in total. The number of hydrogen-bond donors (Lipinski definition) is 2. The van der Waals surface area contributed by atoms with Crippen molar-refractivity contribution in [2.75, 3.05) is 26.4 Å². The maximum absolute atomic E-state index is 11.7. The lowest BCUT2D eigenvalue weighted by Crippen LogP contribution is -2.11. The van der Waals surface area contributed by atoms with Crippen LogP contribution >= 0.6 is 0 Å². The van der Waals surface area contributed by atoms with Gasteiger partial charge in [0.2, 0.25) is 0 Å². The molecule has 0 heterocycles. The Balaban J connectivity index is 2.01. The van der Waals surface area contributed by atoms with Gasteiger partial charge in [-0.05, 0) is 66.3 Å². The molecule has 2 aromatic carbocycles. The highest BCUT2D eigenvalue weighted by Gasteiger charge is 2.10. The zero-order chi connectivity index (χ0) is 28.5. The molecule has 0 spiro atoms. The van der Waals surface area contributed by atoms with Crippen molar-refractivity contribution in [1.29, 1.82) is 0 Å². The molecule has 0 atom stereocenters. The smallest absolute Gasteiger partial charge is 0.335 e. The summed E-state index contributed by atoms with van der Waals surface area (Å²) in [5.74, 6) is -1.09. The number of unbranched alkanes of at least 4 members (excludes halogenated alkanes) is 4. The fourth-order valence-corrected chi connectivity index (χ4v) is 4.28. The predicted octanol–water partition coefficient (Wildman–Crippen LogP) is 5.92. The van der Waals surface area contributed by atoms with Crippen LogP contribution in [-0.2, 0) is 38.3 Å². The summed E-state index contributed by atoms with van der Waals surface area (Å²) >= 11 is 0. The molecule has 0 aliphatic rings. The third kappa shape index (κ3) is 11.6. The molecule has 0 aliphatic carbocycles. The van der Waals surface area contributed by atoms with Gasteiger partial charge in [-0.1, -0.05) is 88.2 Å². The maximum Gasteiger partial charge on any atom is 0.335 e. The molecule has 0 amide bonds. The van der Waals surface area contributed by atoms with Crippen molar-refractivity contribution in [3.05, 3.63) is 83.5 Å². The van der Waals surface area contributed by atoms with E-state index in [1.807, 2.05) is 0 Å². The average molecular weight is 537 g/mol. The van der Waals surface area contributed by atoms with E-state index in [1.165, 1.54) is 53.5 Å². The lowest BCUT2D eigenvalue weighted by molar-refractivity contribution is -0.140. The van der Waals surface area contributed by atoms with Crippen molar-refractivity contribution < 1.29 is 29.3 Å². The highest BCUT2D eigenvalue weighted by atomic mass is 16.5. The third-order valence-electron chi connectivity index (χ3n) is 6.63. The molecule has 0 unspecified atom stereocenters. The first-order chi connectivity index (χ1) is 18.9. The van der Waals surface area contributed by atoms with Gasteiger partial charge < -0.3 is 19.7 Å². The van der Waals surface area contributed by atoms with E-state index >= 15 is 0 Å². The zero-order valence-electron chi connectivity index (χ0n) is 23.4. The van der Waals surface area contributed by atoms with Crippen LogP contribution in [0.2, 0.25) is 0 Å². The Hall–Kier alpha value is -3.22. The maximum atomic E-state index is 11.7. The standard InChI is InChI=1S/C33H44O6/c1-4-5-6-7-8-13-30-22-28(12-10-21-39-33(37)26(3)24-35)16-19-31(30)29-17-14-27(15-18-29)11-9-20-38-32(36)25(2)23-34/h14-19,22,34-35H,2-13,20-21,23-24H2,1H3. The SMILES string of the molecule is C=C(CO)C(=O)OCCCc1ccc(-c2ccc(CCCOC(=O)C(=C)CO)cc2CCCCCCC)cc1. The van der Waals surface area contributed by atoms with Crippen molar-refractivity contribution >= 4 is 11.9 Å². The van der Waals surface area contributed by atoms with Gasteiger partial charge in [-0.15, -0.1) is 0 Å². The van der Waals surface area contributed by atoms with E-state index in [9.17, 15) is 9.59 Å². The van der Waals surface area contributed by atoms with Crippen LogP contribution in [0.4, 0.5) is 0 Å². The first-order valence-corrected chi connectivity index (χ1v) is 14.0. The second-order valence-corrected chi connectivity index (χ2v) is 9.85. The predicted molar refractivity (Wildman–Crippen MR) is 155 cm³/mol. The topological polar surface area (TPSA) is 93.1 Å². The highest BCUT2D eigenvalue weighted by molar-refractivity contribution is 5.88. The number of benzene rings is 2. The number of carbonyl (C=O) groups is 2. The second kappa shape index (κ2) is 18.1. The van der Waals surface area contributed by atoms with Crippen LogP contribution in [0, 0.1) is 0 Å². The van der Waals surface area contributed by atoms with Crippen molar-refractivity contribution in [2.45, 2.75) is 71.1 Å². The van der Waals surface area contributed by atoms with Crippen LogP contribution in [-0.4, -0.2) is 48.6 Å². The normalized spacial score (nSPS) is 10.7. The Bertz CT molecular complexity index is 1070. The van der Waals surface area contributed by atoms with E-state index in [0.717, 1.165) is 25.7 Å². The zero-order valence-corrected chi connectivity index (χ0v) is 23.4. The molecule has 0 saturated heterocycles. The quantitative estimate of drug-likeness (QED) is 0.132. The minimum atomic E-state index is -0.549. The largest absolute Gasteiger partial charge is 0.462 e. The molecule has 212 valence electrons. The second-order valence-electron chi connectivity index (χ2n) is 9.85. The number of carbonyl (C=O) groups excluding carboxylic acids is 2. The number of esters is 2. The molecule has 2 N–H and O–H groups in total. The molecule has 2 aromatic rings. The van der Waals surface area contributed by atoms with Gasteiger partial charge in [-0.25, -0.2) is 9.59 Å². The van der Waals surface area contributed by atoms with Crippen molar-refractivity contribution in [2.24, 2.45) is 0 Å². The van der Waals surface area contributed by atoms with Crippen LogP contribution in [0.25, 0.3) is 11.1 Å². The summed E-state index contributed by atoms with van der Waals surface area (Å²) in [4.78, 5) is 23.3. The summed E-state index contributed by atoms with van der Waals surface area (Å²) in [5.41, 5.74) is 6.28.